The number of nitrogens with one attached hydrogen (secondary N) is 2. The Hall–Kier alpha value is -1.66. The number of aromatic amines is 1. The van der Waals surface area contributed by atoms with E-state index in [1.165, 1.54) is 6.20 Å². The number of H-pyrrole nitrogens is 1. The van der Waals surface area contributed by atoms with Crippen LogP contribution in [-0.2, 0) is 10.0 Å². The van der Waals surface area contributed by atoms with Crippen LogP contribution in [0.15, 0.2) is 41.6 Å². The number of benzene rings is 1. The number of hydrogen-bond acceptors (Lipinski definition) is 3. The van der Waals surface area contributed by atoms with E-state index in [0.29, 0.717) is 5.82 Å². The van der Waals surface area contributed by atoms with Crippen LogP contribution in [0.3, 0.4) is 0 Å². The van der Waals surface area contributed by atoms with Crippen molar-refractivity contribution < 1.29 is 8.42 Å². The molecule has 1 aromatic carbocycles. The van der Waals surface area contributed by atoms with Gasteiger partial charge in [0.2, 0.25) is 0 Å². The van der Waals surface area contributed by atoms with Gasteiger partial charge in [0.15, 0.2) is 5.03 Å². The molecule has 2 aromatic rings. The monoisotopic (exact) mass is 265 g/mol. The average molecular weight is 265 g/mol. The van der Waals surface area contributed by atoms with Gasteiger partial charge in [0.1, 0.15) is 5.82 Å². The van der Waals surface area contributed by atoms with Crippen molar-refractivity contribution in [3.05, 3.63) is 47.9 Å². The summed E-state index contributed by atoms with van der Waals surface area (Å²) in [4.78, 5) is 6.60. The second-order valence-corrected chi connectivity index (χ2v) is 5.77. The van der Waals surface area contributed by atoms with Gasteiger partial charge in [-0.15, -0.1) is 0 Å². The van der Waals surface area contributed by atoms with E-state index >= 15 is 0 Å². The van der Waals surface area contributed by atoms with Crippen molar-refractivity contribution in [2.75, 3.05) is 0 Å². The third kappa shape index (κ3) is 2.77. The molecule has 1 atom stereocenters. The number of sulfonamides is 1. The molecule has 0 bridgehead atoms. The fourth-order valence-electron chi connectivity index (χ4n) is 1.64. The van der Waals surface area contributed by atoms with Gasteiger partial charge in [0.25, 0.3) is 10.0 Å². The lowest BCUT2D eigenvalue weighted by molar-refractivity contribution is 0.563. The SMILES string of the molecule is Cc1ncc(S(=O)(=O)N[C@H](C)c2ccccc2)[nH]1. The molecule has 1 heterocycles. The van der Waals surface area contributed by atoms with Gasteiger partial charge in [-0.25, -0.2) is 18.1 Å². The number of rotatable bonds is 4. The predicted octanol–water partition coefficient (Wildman–Crippen LogP) is 1.76. The van der Waals surface area contributed by atoms with E-state index in [2.05, 4.69) is 14.7 Å². The zero-order chi connectivity index (χ0) is 13.2. The van der Waals surface area contributed by atoms with E-state index in [0.717, 1.165) is 5.56 Å². The molecule has 0 unspecified atom stereocenters. The van der Waals surface area contributed by atoms with Crippen LogP contribution in [-0.4, -0.2) is 18.4 Å². The summed E-state index contributed by atoms with van der Waals surface area (Å²) in [5.41, 5.74) is 0.914. The van der Waals surface area contributed by atoms with Crippen molar-refractivity contribution in [3.8, 4) is 0 Å². The minimum Gasteiger partial charge on any atom is -0.332 e. The van der Waals surface area contributed by atoms with Crippen molar-refractivity contribution in [2.24, 2.45) is 0 Å². The van der Waals surface area contributed by atoms with E-state index < -0.39 is 10.0 Å². The first kappa shape index (κ1) is 12.8. The van der Waals surface area contributed by atoms with Crippen LogP contribution in [0.2, 0.25) is 0 Å². The molecule has 0 radical (unpaired) electrons. The Balaban J connectivity index is 2.19. The molecule has 0 saturated carbocycles. The smallest absolute Gasteiger partial charge is 0.258 e. The predicted molar refractivity (Wildman–Crippen MR) is 68.5 cm³/mol. The third-order valence-corrected chi connectivity index (χ3v) is 4.05. The van der Waals surface area contributed by atoms with E-state index in [-0.39, 0.29) is 11.1 Å². The topological polar surface area (TPSA) is 74.8 Å². The summed E-state index contributed by atoms with van der Waals surface area (Å²) in [6.45, 7) is 3.51. The third-order valence-electron chi connectivity index (χ3n) is 2.60. The Kier molecular flexibility index (Phi) is 3.49. The first-order chi connectivity index (χ1) is 8.49. The number of aromatic nitrogens is 2. The Labute approximate surface area is 106 Å². The van der Waals surface area contributed by atoms with E-state index in [9.17, 15) is 8.42 Å². The molecule has 0 aliphatic rings. The molecule has 0 aliphatic heterocycles. The van der Waals surface area contributed by atoms with Gasteiger partial charge in [-0.3, -0.25) is 0 Å². The van der Waals surface area contributed by atoms with Crippen molar-refractivity contribution in [1.82, 2.24) is 14.7 Å². The molecule has 2 rings (SSSR count). The number of imidazole rings is 1. The fourth-order valence-corrected chi connectivity index (χ4v) is 2.84. The van der Waals surface area contributed by atoms with Gasteiger partial charge in [0, 0.05) is 6.04 Å². The average Bonchev–Trinajstić information content (AvgIpc) is 2.77. The number of aryl methyl sites for hydroxylation is 1. The summed E-state index contributed by atoms with van der Waals surface area (Å²) in [5.74, 6) is 0.572. The molecule has 0 amide bonds. The molecule has 0 aliphatic carbocycles. The Bertz CT molecular complexity index is 620. The number of hydrogen-bond donors (Lipinski definition) is 2. The highest BCUT2D eigenvalue weighted by atomic mass is 32.2. The first-order valence-corrected chi connectivity index (χ1v) is 7.06. The summed E-state index contributed by atoms with van der Waals surface area (Å²) >= 11 is 0. The maximum Gasteiger partial charge on any atom is 0.258 e. The van der Waals surface area contributed by atoms with E-state index in [4.69, 9.17) is 0 Å². The Morgan fingerprint density at radius 1 is 1.28 bits per heavy atom. The summed E-state index contributed by atoms with van der Waals surface area (Å²) in [6.07, 6.45) is 1.31. The lowest BCUT2D eigenvalue weighted by Crippen LogP contribution is -2.27. The van der Waals surface area contributed by atoms with Crippen LogP contribution >= 0.6 is 0 Å². The minimum absolute atomic E-state index is 0.0859. The summed E-state index contributed by atoms with van der Waals surface area (Å²) < 4.78 is 26.7. The second-order valence-electron chi connectivity index (χ2n) is 4.09. The Morgan fingerprint density at radius 3 is 2.50 bits per heavy atom. The molecule has 18 heavy (non-hydrogen) atoms. The van der Waals surface area contributed by atoms with Gasteiger partial charge < -0.3 is 4.98 Å². The highest BCUT2D eigenvalue weighted by Crippen LogP contribution is 2.15. The summed E-state index contributed by atoms with van der Waals surface area (Å²) in [5, 5.41) is 0.0859. The van der Waals surface area contributed by atoms with E-state index in [1.54, 1.807) is 13.8 Å². The minimum atomic E-state index is -3.55. The molecular formula is C12H15N3O2S. The first-order valence-electron chi connectivity index (χ1n) is 5.58. The zero-order valence-corrected chi connectivity index (χ0v) is 11.0. The zero-order valence-electron chi connectivity index (χ0n) is 10.2. The van der Waals surface area contributed by atoms with Gasteiger partial charge in [-0.05, 0) is 19.4 Å². The highest BCUT2D eigenvalue weighted by Gasteiger charge is 2.19. The van der Waals surface area contributed by atoms with Gasteiger partial charge in [-0.1, -0.05) is 30.3 Å². The van der Waals surface area contributed by atoms with Crippen LogP contribution in [0.4, 0.5) is 0 Å². The maximum atomic E-state index is 12.0. The van der Waals surface area contributed by atoms with Crippen LogP contribution in [0.1, 0.15) is 24.4 Å². The van der Waals surface area contributed by atoms with Crippen molar-refractivity contribution in [2.45, 2.75) is 24.9 Å². The largest absolute Gasteiger partial charge is 0.332 e. The molecule has 1 aromatic heterocycles. The second kappa shape index (κ2) is 4.91. The molecular weight excluding hydrogens is 250 g/mol. The van der Waals surface area contributed by atoms with Crippen LogP contribution < -0.4 is 4.72 Å². The highest BCUT2D eigenvalue weighted by molar-refractivity contribution is 7.89. The Morgan fingerprint density at radius 2 is 1.94 bits per heavy atom. The van der Waals surface area contributed by atoms with Crippen LogP contribution in [0, 0.1) is 6.92 Å². The van der Waals surface area contributed by atoms with Gasteiger partial charge >= 0.3 is 0 Å². The maximum absolute atomic E-state index is 12.0. The number of nitrogens with zero attached hydrogens (tertiary/aromatic N) is 1. The molecule has 6 heteroatoms. The van der Waals surface area contributed by atoms with Crippen molar-refractivity contribution >= 4 is 10.0 Å². The lowest BCUT2D eigenvalue weighted by Gasteiger charge is -2.13. The molecule has 2 N–H and O–H groups in total. The van der Waals surface area contributed by atoms with E-state index in [1.807, 2.05) is 30.3 Å². The molecule has 0 fully saturated rings. The summed E-state index contributed by atoms with van der Waals surface area (Å²) in [7, 11) is -3.55. The standard InChI is InChI=1S/C12H15N3O2S/c1-9(11-6-4-3-5-7-11)15-18(16,17)12-8-13-10(2)14-12/h3-9,15H,1-2H3,(H,13,14)/t9-/m1/s1. The lowest BCUT2D eigenvalue weighted by atomic mass is 10.1. The fraction of sp³-hybridized carbons (Fsp3) is 0.250. The van der Waals surface area contributed by atoms with Crippen molar-refractivity contribution in [3.63, 3.8) is 0 Å². The quantitative estimate of drug-likeness (QED) is 0.884. The van der Waals surface area contributed by atoms with Crippen molar-refractivity contribution in [1.29, 1.82) is 0 Å². The molecule has 0 saturated heterocycles. The normalized spacial score (nSPS) is 13.4. The summed E-state index contributed by atoms with van der Waals surface area (Å²) in [6, 6.07) is 9.11. The molecule has 5 nitrogen and oxygen atoms in total. The van der Waals surface area contributed by atoms with Gasteiger partial charge in [-0.2, -0.15) is 0 Å². The van der Waals surface area contributed by atoms with Crippen LogP contribution in [0.5, 0.6) is 0 Å². The molecule has 96 valence electrons. The van der Waals surface area contributed by atoms with Crippen LogP contribution in [0.25, 0.3) is 0 Å². The van der Waals surface area contributed by atoms with Gasteiger partial charge in [0.05, 0.1) is 6.20 Å². The molecule has 0 spiro atoms.